The Hall–Kier alpha value is -1.73. The lowest BCUT2D eigenvalue weighted by molar-refractivity contribution is -0.137. The van der Waals surface area contributed by atoms with Gasteiger partial charge in [-0.1, -0.05) is 11.6 Å². The van der Waals surface area contributed by atoms with Gasteiger partial charge in [0.15, 0.2) is 0 Å². The molecule has 8 heteroatoms. The topological polar surface area (TPSA) is 23.6 Å². The number of amides is 1. The van der Waals surface area contributed by atoms with E-state index in [9.17, 15) is 18.0 Å². The predicted molar refractivity (Wildman–Crippen MR) is 105 cm³/mol. The highest BCUT2D eigenvalue weighted by molar-refractivity contribution is 7.12. The van der Waals surface area contributed by atoms with E-state index in [1.807, 2.05) is 0 Å². The van der Waals surface area contributed by atoms with Gasteiger partial charge in [0.2, 0.25) is 5.91 Å². The van der Waals surface area contributed by atoms with Crippen molar-refractivity contribution in [3.8, 4) is 0 Å². The first kappa shape index (κ1) is 19.6. The van der Waals surface area contributed by atoms with Gasteiger partial charge in [-0.3, -0.25) is 4.79 Å². The van der Waals surface area contributed by atoms with Crippen LogP contribution in [-0.2, 0) is 11.0 Å². The van der Waals surface area contributed by atoms with Gasteiger partial charge in [0.1, 0.15) is 0 Å². The van der Waals surface area contributed by atoms with E-state index >= 15 is 0 Å². The Morgan fingerprint density at radius 3 is 2.46 bits per heavy atom. The van der Waals surface area contributed by atoms with Crippen molar-refractivity contribution in [2.45, 2.75) is 25.4 Å². The Bertz CT molecular complexity index is 890. The van der Waals surface area contributed by atoms with Crippen LogP contribution in [0.4, 0.5) is 18.9 Å². The minimum Gasteiger partial charge on any atom is -0.367 e. The number of halogens is 4. The number of benzene rings is 1. The molecule has 0 radical (unpaired) electrons. The van der Waals surface area contributed by atoms with Gasteiger partial charge in [0.05, 0.1) is 11.3 Å². The smallest absolute Gasteiger partial charge is 0.367 e. The molecule has 2 aliphatic rings. The number of hydrogen-bond acceptors (Lipinski definition) is 3. The van der Waals surface area contributed by atoms with E-state index in [1.54, 1.807) is 21.1 Å². The van der Waals surface area contributed by atoms with Crippen LogP contribution < -0.4 is 4.90 Å². The SMILES string of the molecule is Cc1ccc([C@@H]2CC2C(=O)N2CCN(c3cc(Cl)ccc3C(F)(F)F)CC2)s1. The van der Waals surface area contributed by atoms with Gasteiger partial charge in [0, 0.05) is 52.8 Å². The Morgan fingerprint density at radius 2 is 1.86 bits per heavy atom. The number of thiophene rings is 1. The van der Waals surface area contributed by atoms with E-state index in [0.29, 0.717) is 32.1 Å². The van der Waals surface area contributed by atoms with Crippen molar-refractivity contribution in [2.24, 2.45) is 5.92 Å². The third kappa shape index (κ3) is 3.87. The normalized spacial score (nSPS) is 22.5. The van der Waals surface area contributed by atoms with Crippen molar-refractivity contribution < 1.29 is 18.0 Å². The lowest BCUT2D eigenvalue weighted by atomic mass is 10.1. The maximum atomic E-state index is 13.3. The summed E-state index contributed by atoms with van der Waals surface area (Å²) >= 11 is 7.66. The maximum absolute atomic E-state index is 13.3. The molecule has 1 saturated carbocycles. The maximum Gasteiger partial charge on any atom is 0.418 e. The summed E-state index contributed by atoms with van der Waals surface area (Å²) in [5.41, 5.74) is -0.600. The molecule has 1 aromatic heterocycles. The molecule has 1 aliphatic heterocycles. The monoisotopic (exact) mass is 428 g/mol. The second-order valence-electron chi connectivity index (χ2n) is 7.37. The zero-order valence-corrected chi connectivity index (χ0v) is 16.9. The molecule has 0 bridgehead atoms. The molecule has 0 spiro atoms. The first-order chi connectivity index (χ1) is 13.2. The zero-order chi connectivity index (χ0) is 20.1. The molecule has 2 heterocycles. The quantitative estimate of drug-likeness (QED) is 0.672. The van der Waals surface area contributed by atoms with Crippen LogP contribution in [-0.4, -0.2) is 37.0 Å². The molecule has 150 valence electrons. The third-order valence-electron chi connectivity index (χ3n) is 5.43. The van der Waals surface area contributed by atoms with E-state index in [0.717, 1.165) is 12.5 Å². The first-order valence-electron chi connectivity index (χ1n) is 9.21. The number of aryl methyl sites for hydroxylation is 1. The Balaban J connectivity index is 1.40. The fourth-order valence-corrected chi connectivity index (χ4v) is 5.07. The Kier molecular flexibility index (Phi) is 5.08. The fourth-order valence-electron chi connectivity index (χ4n) is 3.84. The van der Waals surface area contributed by atoms with Crippen molar-refractivity contribution in [1.29, 1.82) is 0 Å². The van der Waals surface area contributed by atoms with Gasteiger partial charge in [-0.2, -0.15) is 13.2 Å². The van der Waals surface area contributed by atoms with Gasteiger partial charge in [-0.05, 0) is 43.7 Å². The third-order valence-corrected chi connectivity index (χ3v) is 6.80. The van der Waals surface area contributed by atoms with Gasteiger partial charge in [-0.15, -0.1) is 11.3 Å². The number of rotatable bonds is 3. The number of carbonyl (C=O) groups excluding carboxylic acids is 1. The van der Waals surface area contributed by atoms with Crippen LogP contribution in [0, 0.1) is 12.8 Å². The van der Waals surface area contributed by atoms with Crippen LogP contribution in [0.2, 0.25) is 5.02 Å². The summed E-state index contributed by atoms with van der Waals surface area (Å²) in [7, 11) is 0. The number of carbonyl (C=O) groups is 1. The highest BCUT2D eigenvalue weighted by Crippen LogP contribution is 2.50. The van der Waals surface area contributed by atoms with Gasteiger partial charge in [0.25, 0.3) is 0 Å². The molecule has 2 fully saturated rings. The first-order valence-corrected chi connectivity index (χ1v) is 10.4. The van der Waals surface area contributed by atoms with E-state index in [4.69, 9.17) is 11.6 Å². The van der Waals surface area contributed by atoms with Crippen molar-refractivity contribution in [3.63, 3.8) is 0 Å². The summed E-state index contributed by atoms with van der Waals surface area (Å²) in [4.78, 5) is 18.7. The molecule has 1 amide bonds. The average molecular weight is 429 g/mol. The van der Waals surface area contributed by atoms with E-state index in [2.05, 4.69) is 19.1 Å². The minimum atomic E-state index is -4.44. The molecule has 2 aromatic rings. The van der Waals surface area contributed by atoms with Crippen LogP contribution in [0.25, 0.3) is 0 Å². The highest BCUT2D eigenvalue weighted by Gasteiger charge is 2.47. The summed E-state index contributed by atoms with van der Waals surface area (Å²) in [5.74, 6) is 0.438. The molecular formula is C20H20ClF3N2OS. The van der Waals surface area contributed by atoms with Crippen molar-refractivity contribution in [2.75, 3.05) is 31.1 Å². The summed E-state index contributed by atoms with van der Waals surface area (Å²) in [5, 5.41) is 0.272. The lowest BCUT2D eigenvalue weighted by Gasteiger charge is -2.37. The van der Waals surface area contributed by atoms with Crippen molar-refractivity contribution >= 4 is 34.5 Å². The predicted octanol–water partition coefficient (Wildman–Crippen LogP) is 5.18. The second-order valence-corrected chi connectivity index (χ2v) is 9.12. The number of anilines is 1. The lowest BCUT2D eigenvalue weighted by Crippen LogP contribution is -2.49. The standard InChI is InChI=1S/C20H20ClF3N2OS/c1-12-2-5-18(28-12)14-11-15(14)19(27)26-8-6-25(7-9-26)17-10-13(21)3-4-16(17)20(22,23)24/h2-5,10,14-15H,6-9,11H2,1H3/t14-,15?/m1/s1. The second kappa shape index (κ2) is 7.26. The molecule has 0 N–H and O–H groups in total. The largest absolute Gasteiger partial charge is 0.418 e. The van der Waals surface area contributed by atoms with Crippen LogP contribution in [0.15, 0.2) is 30.3 Å². The fraction of sp³-hybridized carbons (Fsp3) is 0.450. The molecule has 1 unspecified atom stereocenters. The van der Waals surface area contributed by atoms with Gasteiger partial charge in [-0.25, -0.2) is 0 Å². The van der Waals surface area contributed by atoms with Crippen molar-refractivity contribution in [1.82, 2.24) is 4.90 Å². The summed E-state index contributed by atoms with van der Waals surface area (Å²) in [6.07, 6.45) is -3.57. The summed E-state index contributed by atoms with van der Waals surface area (Å²) in [6, 6.07) is 7.80. The molecule has 1 saturated heterocycles. The molecule has 2 atom stereocenters. The van der Waals surface area contributed by atoms with Gasteiger partial charge >= 0.3 is 6.18 Å². The highest BCUT2D eigenvalue weighted by atomic mass is 35.5. The van der Waals surface area contributed by atoms with Gasteiger partial charge < -0.3 is 9.80 Å². The molecule has 4 rings (SSSR count). The molecule has 1 aromatic carbocycles. The van der Waals surface area contributed by atoms with E-state index in [1.165, 1.54) is 21.9 Å². The molecule has 1 aliphatic carbocycles. The van der Waals surface area contributed by atoms with E-state index in [-0.39, 0.29) is 22.5 Å². The summed E-state index contributed by atoms with van der Waals surface area (Å²) in [6.45, 7) is 3.64. The number of hydrogen-bond donors (Lipinski definition) is 0. The van der Waals surface area contributed by atoms with Crippen LogP contribution in [0.3, 0.4) is 0 Å². The Morgan fingerprint density at radius 1 is 1.14 bits per heavy atom. The van der Waals surface area contributed by atoms with Crippen molar-refractivity contribution in [3.05, 3.63) is 50.7 Å². The number of piperazine rings is 1. The van der Waals surface area contributed by atoms with E-state index < -0.39 is 11.7 Å². The number of alkyl halides is 3. The van der Waals surface area contributed by atoms with Crippen LogP contribution in [0.5, 0.6) is 0 Å². The van der Waals surface area contributed by atoms with Crippen LogP contribution in [0.1, 0.15) is 27.7 Å². The number of nitrogens with zero attached hydrogens (tertiary/aromatic N) is 2. The average Bonchev–Trinajstić information content (AvgIpc) is 3.34. The van der Waals surface area contributed by atoms with Crippen LogP contribution >= 0.6 is 22.9 Å². The summed E-state index contributed by atoms with van der Waals surface area (Å²) < 4.78 is 40.0. The molecule has 28 heavy (non-hydrogen) atoms. The minimum absolute atomic E-state index is 0.0153. The zero-order valence-electron chi connectivity index (χ0n) is 15.3. The molecular weight excluding hydrogens is 409 g/mol. The molecule has 3 nitrogen and oxygen atoms in total. The Labute approximate surface area is 170 Å².